The van der Waals surface area contributed by atoms with Crippen molar-refractivity contribution in [1.29, 1.82) is 0 Å². The molecule has 1 aliphatic rings. The van der Waals surface area contributed by atoms with Gasteiger partial charge in [-0.15, -0.1) is 0 Å². The molecule has 1 heterocycles. The van der Waals surface area contributed by atoms with E-state index in [1.807, 2.05) is 0 Å². The van der Waals surface area contributed by atoms with Gasteiger partial charge in [0.1, 0.15) is 0 Å². The number of nitrogens with one attached hydrogen (secondary N) is 2. The van der Waals surface area contributed by atoms with Crippen LogP contribution in [0.3, 0.4) is 0 Å². The lowest BCUT2D eigenvalue weighted by Crippen LogP contribution is -2.43. The third kappa shape index (κ3) is 5.50. The third-order valence-corrected chi connectivity index (χ3v) is 3.50. The second kappa shape index (κ2) is 7.67. The van der Waals surface area contributed by atoms with E-state index in [1.165, 1.54) is 0 Å². The van der Waals surface area contributed by atoms with Gasteiger partial charge in [-0.25, -0.2) is 0 Å². The Bertz CT molecular complexity index is 231. The van der Waals surface area contributed by atoms with Crippen LogP contribution < -0.4 is 10.6 Å². The molecule has 1 fully saturated rings. The molecule has 1 rings (SSSR count). The fourth-order valence-electron chi connectivity index (χ4n) is 2.00. The average molecular weight is 241 g/mol. The van der Waals surface area contributed by atoms with Gasteiger partial charge in [0.2, 0.25) is 5.91 Å². The van der Waals surface area contributed by atoms with E-state index < -0.39 is 0 Å². The van der Waals surface area contributed by atoms with Crippen molar-refractivity contribution < 1.29 is 4.79 Å². The second-order valence-electron chi connectivity index (χ2n) is 5.22. The lowest BCUT2D eigenvalue weighted by molar-refractivity contribution is -0.122. The largest absolute Gasteiger partial charge is 0.355 e. The first-order valence-electron chi connectivity index (χ1n) is 6.82. The summed E-state index contributed by atoms with van der Waals surface area (Å²) in [6.07, 6.45) is 4.33. The van der Waals surface area contributed by atoms with Gasteiger partial charge in [0.05, 0.1) is 6.04 Å². The first-order valence-corrected chi connectivity index (χ1v) is 6.82. The maximum absolute atomic E-state index is 11.7. The molecule has 0 bridgehead atoms. The van der Waals surface area contributed by atoms with Gasteiger partial charge in [0.15, 0.2) is 0 Å². The zero-order valence-electron chi connectivity index (χ0n) is 11.5. The van der Waals surface area contributed by atoms with Crippen molar-refractivity contribution in [3.63, 3.8) is 0 Å². The van der Waals surface area contributed by atoms with Gasteiger partial charge in [-0.05, 0) is 59.7 Å². The number of hydrogen-bond donors (Lipinski definition) is 2. The van der Waals surface area contributed by atoms with Crippen molar-refractivity contribution in [2.75, 3.05) is 26.7 Å². The van der Waals surface area contributed by atoms with Crippen molar-refractivity contribution in [2.45, 2.75) is 51.6 Å². The Morgan fingerprint density at radius 1 is 1.47 bits per heavy atom. The van der Waals surface area contributed by atoms with Gasteiger partial charge in [-0.1, -0.05) is 0 Å². The van der Waals surface area contributed by atoms with Gasteiger partial charge in [0.25, 0.3) is 0 Å². The summed E-state index contributed by atoms with van der Waals surface area (Å²) in [5.41, 5.74) is 0. The van der Waals surface area contributed by atoms with Gasteiger partial charge >= 0.3 is 0 Å². The van der Waals surface area contributed by atoms with Crippen LogP contribution in [0, 0.1) is 0 Å². The summed E-state index contributed by atoms with van der Waals surface area (Å²) in [4.78, 5) is 14.0. The molecule has 0 aromatic carbocycles. The quantitative estimate of drug-likeness (QED) is 0.681. The number of rotatable bonds is 6. The molecule has 17 heavy (non-hydrogen) atoms. The Morgan fingerprint density at radius 3 is 2.94 bits per heavy atom. The zero-order valence-corrected chi connectivity index (χ0v) is 11.5. The topological polar surface area (TPSA) is 44.4 Å². The van der Waals surface area contributed by atoms with Crippen LogP contribution in [0.5, 0.6) is 0 Å². The van der Waals surface area contributed by atoms with Crippen LogP contribution in [0.15, 0.2) is 0 Å². The molecule has 1 amide bonds. The first-order chi connectivity index (χ1) is 8.11. The van der Waals surface area contributed by atoms with Crippen LogP contribution in [-0.4, -0.2) is 49.6 Å². The smallest absolute Gasteiger partial charge is 0.237 e. The minimum Gasteiger partial charge on any atom is -0.355 e. The summed E-state index contributed by atoms with van der Waals surface area (Å²) in [5.74, 6) is 0.180. The summed E-state index contributed by atoms with van der Waals surface area (Å²) < 4.78 is 0. The summed E-state index contributed by atoms with van der Waals surface area (Å²) in [5, 5.41) is 6.32. The molecule has 1 atom stereocenters. The van der Waals surface area contributed by atoms with Crippen LogP contribution in [0.1, 0.15) is 39.5 Å². The van der Waals surface area contributed by atoms with Crippen molar-refractivity contribution in [2.24, 2.45) is 0 Å². The maximum atomic E-state index is 11.7. The molecule has 0 saturated carbocycles. The molecule has 4 heteroatoms. The lowest BCUT2D eigenvalue weighted by atomic mass is 10.1. The van der Waals surface area contributed by atoms with Gasteiger partial charge in [0, 0.05) is 12.6 Å². The number of carbonyl (C=O) groups is 1. The van der Waals surface area contributed by atoms with Gasteiger partial charge in [-0.3, -0.25) is 4.79 Å². The van der Waals surface area contributed by atoms with E-state index in [1.54, 1.807) is 0 Å². The number of nitrogens with zero attached hydrogens (tertiary/aromatic N) is 1. The highest BCUT2D eigenvalue weighted by atomic mass is 16.2. The molecule has 1 aliphatic heterocycles. The monoisotopic (exact) mass is 241 g/mol. The van der Waals surface area contributed by atoms with Crippen LogP contribution >= 0.6 is 0 Å². The molecule has 1 unspecified atom stereocenters. The molecule has 0 radical (unpaired) electrons. The Balaban J connectivity index is 2.14. The molecule has 0 aromatic heterocycles. The molecule has 0 aromatic rings. The Hall–Kier alpha value is -0.610. The molecular weight excluding hydrogens is 214 g/mol. The SMILES string of the molecule is CC(C)N(C)CCCNC1CCCCNC1=O. The van der Waals surface area contributed by atoms with E-state index >= 15 is 0 Å². The normalized spacial score (nSPS) is 21.7. The minimum absolute atomic E-state index is 0.0295. The lowest BCUT2D eigenvalue weighted by Gasteiger charge is -2.21. The Labute approximate surface area is 105 Å². The predicted octanol–water partition coefficient (Wildman–Crippen LogP) is 0.975. The molecule has 0 aliphatic carbocycles. The van der Waals surface area contributed by atoms with Crippen LogP contribution in [0.2, 0.25) is 0 Å². The fraction of sp³-hybridized carbons (Fsp3) is 0.923. The second-order valence-corrected chi connectivity index (χ2v) is 5.22. The molecule has 100 valence electrons. The highest BCUT2D eigenvalue weighted by molar-refractivity contribution is 5.81. The fourth-order valence-corrected chi connectivity index (χ4v) is 2.00. The van der Waals surface area contributed by atoms with Crippen LogP contribution in [0.4, 0.5) is 0 Å². The predicted molar refractivity (Wildman–Crippen MR) is 71.0 cm³/mol. The molecule has 2 N–H and O–H groups in total. The summed E-state index contributed by atoms with van der Waals surface area (Å²) in [6.45, 7) is 7.25. The van der Waals surface area contributed by atoms with Crippen LogP contribution in [0.25, 0.3) is 0 Å². The van der Waals surface area contributed by atoms with Gasteiger partial charge in [-0.2, -0.15) is 0 Å². The zero-order chi connectivity index (χ0) is 12.7. The standard InChI is InChI=1S/C13H27N3O/c1-11(2)16(3)10-6-9-14-12-7-4-5-8-15-13(12)17/h11-12,14H,4-10H2,1-3H3,(H,15,17). The van der Waals surface area contributed by atoms with Crippen molar-refractivity contribution >= 4 is 5.91 Å². The van der Waals surface area contributed by atoms with Crippen LogP contribution in [-0.2, 0) is 4.79 Å². The molecule has 0 spiro atoms. The highest BCUT2D eigenvalue weighted by Gasteiger charge is 2.19. The summed E-state index contributed by atoms with van der Waals surface area (Å²) in [6, 6.07) is 0.623. The van der Waals surface area contributed by atoms with Gasteiger partial charge < -0.3 is 15.5 Å². The first kappa shape index (κ1) is 14.5. The maximum Gasteiger partial charge on any atom is 0.237 e. The van der Waals surface area contributed by atoms with E-state index in [-0.39, 0.29) is 11.9 Å². The Morgan fingerprint density at radius 2 is 2.24 bits per heavy atom. The van der Waals surface area contributed by atoms with Crippen molar-refractivity contribution in [1.82, 2.24) is 15.5 Å². The minimum atomic E-state index is 0.0295. The van der Waals surface area contributed by atoms with Crippen molar-refractivity contribution in [3.8, 4) is 0 Å². The summed E-state index contributed by atoms with van der Waals surface area (Å²) >= 11 is 0. The highest BCUT2D eigenvalue weighted by Crippen LogP contribution is 2.05. The number of hydrogen-bond acceptors (Lipinski definition) is 3. The van der Waals surface area contributed by atoms with E-state index in [0.29, 0.717) is 6.04 Å². The number of amides is 1. The van der Waals surface area contributed by atoms with Crippen molar-refractivity contribution in [3.05, 3.63) is 0 Å². The summed E-state index contributed by atoms with van der Waals surface area (Å²) in [7, 11) is 2.14. The third-order valence-electron chi connectivity index (χ3n) is 3.50. The Kier molecular flexibility index (Phi) is 6.52. The van der Waals surface area contributed by atoms with E-state index in [2.05, 4.69) is 36.4 Å². The average Bonchev–Trinajstić information content (AvgIpc) is 2.49. The molecular formula is C13H27N3O. The number of carbonyl (C=O) groups excluding carboxylic acids is 1. The van der Waals surface area contributed by atoms with E-state index in [4.69, 9.17) is 0 Å². The molecule has 1 saturated heterocycles. The van der Waals surface area contributed by atoms with E-state index in [9.17, 15) is 4.79 Å². The molecule has 4 nitrogen and oxygen atoms in total. The van der Waals surface area contributed by atoms with E-state index in [0.717, 1.165) is 45.3 Å².